The summed E-state index contributed by atoms with van der Waals surface area (Å²) >= 11 is 0. The zero-order valence-electron chi connectivity index (χ0n) is 8.04. The lowest BCUT2D eigenvalue weighted by atomic mass is 10.1. The van der Waals surface area contributed by atoms with Crippen LogP contribution in [0.25, 0.3) is 0 Å². The van der Waals surface area contributed by atoms with Crippen LogP contribution >= 0.6 is 0 Å². The lowest BCUT2D eigenvalue weighted by Gasteiger charge is -2.09. The van der Waals surface area contributed by atoms with Crippen molar-refractivity contribution < 1.29 is 9.13 Å². The average molecular weight is 194 g/mol. The topological polar surface area (TPSA) is 45.0 Å². The summed E-state index contributed by atoms with van der Waals surface area (Å²) in [7, 11) is 3.10. The Morgan fingerprint density at radius 2 is 2.21 bits per heavy atom. The summed E-state index contributed by atoms with van der Waals surface area (Å²) in [4.78, 5) is 0. The molecule has 1 N–H and O–H groups in total. The molecule has 1 atom stereocenters. The molecule has 0 saturated heterocycles. The molecule has 14 heavy (non-hydrogen) atoms. The fourth-order valence-corrected chi connectivity index (χ4v) is 1.17. The second-order valence-corrected chi connectivity index (χ2v) is 2.78. The molecule has 1 aromatic rings. The first kappa shape index (κ1) is 10.5. The standard InChI is InChI=1S/C10H11FN2O/c1-13-10(6-12)7-3-8(11)5-9(4-7)14-2/h3-5,10,13H,1-2H3. The van der Waals surface area contributed by atoms with Crippen molar-refractivity contribution in [3.63, 3.8) is 0 Å². The second kappa shape index (κ2) is 4.58. The van der Waals surface area contributed by atoms with Gasteiger partial charge in [-0.1, -0.05) is 0 Å². The van der Waals surface area contributed by atoms with Crippen molar-refractivity contribution in [3.05, 3.63) is 29.6 Å². The van der Waals surface area contributed by atoms with Crippen LogP contribution in [0.2, 0.25) is 0 Å². The third-order valence-electron chi connectivity index (χ3n) is 1.88. The van der Waals surface area contributed by atoms with Gasteiger partial charge in [0.25, 0.3) is 0 Å². The van der Waals surface area contributed by atoms with Gasteiger partial charge in [0, 0.05) is 6.07 Å². The van der Waals surface area contributed by atoms with Crippen LogP contribution in [-0.2, 0) is 0 Å². The maximum Gasteiger partial charge on any atom is 0.127 e. The Morgan fingerprint density at radius 3 is 2.71 bits per heavy atom. The number of benzene rings is 1. The van der Waals surface area contributed by atoms with Gasteiger partial charge in [-0.2, -0.15) is 5.26 Å². The summed E-state index contributed by atoms with van der Waals surface area (Å²) in [5.74, 6) is 0.00495. The number of methoxy groups -OCH3 is 1. The van der Waals surface area contributed by atoms with Crippen molar-refractivity contribution in [2.24, 2.45) is 0 Å². The van der Waals surface area contributed by atoms with Gasteiger partial charge in [-0.25, -0.2) is 4.39 Å². The Labute approximate surface area is 82.1 Å². The molecule has 0 amide bonds. The Balaban J connectivity index is 3.09. The van der Waals surface area contributed by atoms with Crippen molar-refractivity contribution in [3.8, 4) is 11.8 Å². The molecule has 0 aliphatic carbocycles. The number of rotatable bonds is 3. The molecule has 0 aromatic heterocycles. The van der Waals surface area contributed by atoms with Gasteiger partial charge in [0.1, 0.15) is 17.6 Å². The van der Waals surface area contributed by atoms with E-state index in [1.54, 1.807) is 13.1 Å². The zero-order valence-corrected chi connectivity index (χ0v) is 8.04. The Hall–Kier alpha value is -1.60. The second-order valence-electron chi connectivity index (χ2n) is 2.78. The highest BCUT2D eigenvalue weighted by atomic mass is 19.1. The van der Waals surface area contributed by atoms with Crippen LogP contribution in [0.5, 0.6) is 5.75 Å². The number of ether oxygens (including phenoxy) is 1. The highest BCUT2D eigenvalue weighted by Crippen LogP contribution is 2.20. The summed E-state index contributed by atoms with van der Waals surface area (Å²) in [6.45, 7) is 0. The van der Waals surface area contributed by atoms with Gasteiger partial charge in [-0.3, -0.25) is 0 Å². The van der Waals surface area contributed by atoms with Crippen LogP contribution in [0, 0.1) is 17.1 Å². The summed E-state index contributed by atoms with van der Waals surface area (Å²) in [6.07, 6.45) is 0. The molecule has 0 heterocycles. The van der Waals surface area contributed by atoms with Crippen LogP contribution in [-0.4, -0.2) is 14.2 Å². The van der Waals surface area contributed by atoms with E-state index < -0.39 is 11.9 Å². The Kier molecular flexibility index (Phi) is 3.43. The minimum Gasteiger partial charge on any atom is -0.497 e. The quantitative estimate of drug-likeness (QED) is 0.795. The van der Waals surface area contributed by atoms with E-state index >= 15 is 0 Å². The zero-order chi connectivity index (χ0) is 10.6. The number of halogens is 1. The van der Waals surface area contributed by atoms with E-state index in [2.05, 4.69) is 5.32 Å². The van der Waals surface area contributed by atoms with Crippen molar-refractivity contribution in [2.75, 3.05) is 14.2 Å². The Bertz CT molecular complexity index is 360. The van der Waals surface area contributed by atoms with Crippen molar-refractivity contribution >= 4 is 0 Å². The van der Waals surface area contributed by atoms with Gasteiger partial charge in [-0.05, 0) is 24.7 Å². The van der Waals surface area contributed by atoms with Gasteiger partial charge in [0.05, 0.1) is 13.2 Å². The lowest BCUT2D eigenvalue weighted by molar-refractivity contribution is 0.410. The predicted octanol–water partition coefficient (Wildman–Crippen LogP) is 1.62. The van der Waals surface area contributed by atoms with Gasteiger partial charge in [0.2, 0.25) is 0 Å². The molecule has 0 aliphatic heterocycles. The molecule has 0 aliphatic rings. The number of hydrogen-bond acceptors (Lipinski definition) is 3. The molecule has 0 radical (unpaired) electrons. The van der Waals surface area contributed by atoms with E-state index in [0.29, 0.717) is 11.3 Å². The first-order valence-electron chi connectivity index (χ1n) is 4.12. The third kappa shape index (κ3) is 2.21. The molecule has 0 bridgehead atoms. The van der Waals surface area contributed by atoms with Crippen LogP contribution in [0.15, 0.2) is 18.2 Å². The molecular weight excluding hydrogens is 183 g/mol. The minimum absolute atomic E-state index is 0.408. The van der Waals surface area contributed by atoms with Crippen LogP contribution in [0.4, 0.5) is 4.39 Å². The number of nitrogens with one attached hydrogen (secondary N) is 1. The van der Waals surface area contributed by atoms with E-state index in [0.717, 1.165) is 0 Å². The van der Waals surface area contributed by atoms with Crippen molar-refractivity contribution in [1.82, 2.24) is 5.32 Å². The molecule has 4 heteroatoms. The summed E-state index contributed by atoms with van der Waals surface area (Å²) in [6, 6.07) is 5.72. The minimum atomic E-state index is -0.514. The molecule has 0 fully saturated rings. The summed E-state index contributed by atoms with van der Waals surface area (Å²) in [5, 5.41) is 11.5. The molecule has 1 rings (SSSR count). The van der Waals surface area contributed by atoms with Gasteiger partial charge in [-0.15, -0.1) is 0 Å². The summed E-state index contributed by atoms with van der Waals surface area (Å²) < 4.78 is 17.9. The monoisotopic (exact) mass is 194 g/mol. The van der Waals surface area contributed by atoms with Crippen molar-refractivity contribution in [1.29, 1.82) is 5.26 Å². The third-order valence-corrected chi connectivity index (χ3v) is 1.88. The molecular formula is C10H11FN2O. The fraction of sp³-hybridized carbons (Fsp3) is 0.300. The van der Waals surface area contributed by atoms with E-state index in [1.807, 2.05) is 6.07 Å². The number of nitriles is 1. The van der Waals surface area contributed by atoms with Gasteiger partial charge in [0.15, 0.2) is 0 Å². The predicted molar refractivity (Wildman–Crippen MR) is 50.4 cm³/mol. The van der Waals surface area contributed by atoms with Gasteiger partial charge < -0.3 is 10.1 Å². The Morgan fingerprint density at radius 1 is 1.50 bits per heavy atom. The lowest BCUT2D eigenvalue weighted by Crippen LogP contribution is -2.14. The fourth-order valence-electron chi connectivity index (χ4n) is 1.17. The maximum absolute atomic E-state index is 13.0. The van der Waals surface area contributed by atoms with Crippen LogP contribution in [0.3, 0.4) is 0 Å². The number of hydrogen-bond donors (Lipinski definition) is 1. The largest absolute Gasteiger partial charge is 0.497 e. The van der Waals surface area contributed by atoms with Crippen molar-refractivity contribution in [2.45, 2.75) is 6.04 Å². The number of nitrogens with zero attached hydrogens (tertiary/aromatic N) is 1. The SMILES string of the molecule is CNC(C#N)c1cc(F)cc(OC)c1. The molecule has 0 saturated carbocycles. The van der Waals surface area contributed by atoms with Crippen LogP contribution < -0.4 is 10.1 Å². The summed E-state index contributed by atoms with van der Waals surface area (Å²) in [5.41, 5.74) is 0.562. The van der Waals surface area contributed by atoms with E-state index in [1.165, 1.54) is 19.2 Å². The van der Waals surface area contributed by atoms with Crippen LogP contribution in [0.1, 0.15) is 11.6 Å². The highest BCUT2D eigenvalue weighted by molar-refractivity contribution is 5.33. The first-order valence-corrected chi connectivity index (χ1v) is 4.12. The average Bonchev–Trinajstić information content (AvgIpc) is 2.19. The smallest absolute Gasteiger partial charge is 0.127 e. The normalized spacial score (nSPS) is 11.9. The molecule has 3 nitrogen and oxygen atoms in total. The maximum atomic E-state index is 13.0. The molecule has 74 valence electrons. The van der Waals surface area contributed by atoms with E-state index in [-0.39, 0.29) is 0 Å². The molecule has 1 aromatic carbocycles. The van der Waals surface area contributed by atoms with Gasteiger partial charge >= 0.3 is 0 Å². The van der Waals surface area contributed by atoms with E-state index in [9.17, 15) is 4.39 Å². The molecule has 1 unspecified atom stereocenters. The van der Waals surface area contributed by atoms with E-state index in [4.69, 9.17) is 10.00 Å². The highest BCUT2D eigenvalue weighted by Gasteiger charge is 2.10. The molecule has 0 spiro atoms. The first-order chi connectivity index (χ1) is 6.71.